The zero-order valence-electron chi connectivity index (χ0n) is 32.4. The molecule has 0 bridgehead atoms. The summed E-state index contributed by atoms with van der Waals surface area (Å²) in [4.78, 5) is 40.5. The molecule has 4 N–H and O–H groups in total. The Balaban J connectivity index is 0.000000436. The molecule has 0 spiro atoms. The predicted octanol–water partition coefficient (Wildman–Crippen LogP) is 6.15. The van der Waals surface area contributed by atoms with Gasteiger partial charge in [0.1, 0.15) is 0 Å². The Morgan fingerprint density at radius 1 is 0.966 bits per heavy atom. The number of nitrogens with zero attached hydrogens (tertiary/aromatic N) is 4. The number of piperidine rings is 1. The molecule has 59 heavy (non-hydrogen) atoms. The molecule has 2 aliphatic heterocycles. The second-order valence-corrected chi connectivity index (χ2v) is 14.1. The van der Waals surface area contributed by atoms with E-state index in [0.717, 1.165) is 47.6 Å². The van der Waals surface area contributed by atoms with Crippen LogP contribution in [0.3, 0.4) is 0 Å². The maximum Gasteiger partial charge on any atom is 0.490 e. The number of alkyl halides is 6. The van der Waals surface area contributed by atoms with Gasteiger partial charge in [0.25, 0.3) is 5.91 Å². The van der Waals surface area contributed by atoms with Gasteiger partial charge in [0.2, 0.25) is 5.82 Å². The van der Waals surface area contributed by atoms with Gasteiger partial charge in [-0.1, -0.05) is 6.92 Å². The molecule has 0 saturated carbocycles. The number of quaternary nitrogens is 1. The van der Waals surface area contributed by atoms with Crippen LogP contribution in [0.5, 0.6) is 5.75 Å². The summed E-state index contributed by atoms with van der Waals surface area (Å²) in [5, 5.41) is 17.0. The highest BCUT2D eigenvalue weighted by Gasteiger charge is 2.40. The Morgan fingerprint density at radius 2 is 1.63 bits per heavy atom. The number of aryl methyl sites for hydroxylation is 1. The van der Waals surface area contributed by atoms with Gasteiger partial charge in [0.15, 0.2) is 23.0 Å². The lowest BCUT2D eigenvalue weighted by Gasteiger charge is -2.44. The van der Waals surface area contributed by atoms with Crippen LogP contribution in [0.4, 0.5) is 46.6 Å². The molecule has 1 amide bonds. The Hall–Kier alpha value is -5.57. The number of benzene rings is 2. The number of aromatic nitrogens is 3. The molecule has 2 fully saturated rings. The highest BCUT2D eigenvalue weighted by Crippen LogP contribution is 2.32. The Kier molecular flexibility index (Phi) is 15.2. The van der Waals surface area contributed by atoms with Gasteiger partial charge in [-0.25, -0.2) is 23.9 Å². The number of imidazole rings is 1. The van der Waals surface area contributed by atoms with Gasteiger partial charge in [0.05, 0.1) is 52.8 Å². The molecule has 2 aromatic heterocycles. The fourth-order valence-electron chi connectivity index (χ4n) is 6.60. The van der Waals surface area contributed by atoms with Gasteiger partial charge in [0, 0.05) is 67.6 Å². The van der Waals surface area contributed by atoms with E-state index in [4.69, 9.17) is 14.6 Å². The summed E-state index contributed by atoms with van der Waals surface area (Å²) in [6, 6.07) is 8.48. The van der Waals surface area contributed by atoms with Gasteiger partial charge >= 0.3 is 24.3 Å². The monoisotopic (exact) mass is 846 g/mol. The zero-order chi connectivity index (χ0) is 43.7. The SMILES string of the molecule is CCc1cc(Nc2nccn3c(-c4ccc(OC)c(F)c4F)cnc23)ccc1C(=O)NCC1CC[N+](C)(CC2CNC2)CC1.COC(=O)C(F)(F)F.O=C(O)C(F)(F)F. The minimum Gasteiger partial charge on any atom is -0.494 e. The van der Waals surface area contributed by atoms with E-state index < -0.39 is 35.9 Å². The van der Waals surface area contributed by atoms with Crippen LogP contribution in [-0.4, -0.2) is 115 Å². The van der Waals surface area contributed by atoms with E-state index in [0.29, 0.717) is 48.7 Å². The molecule has 0 unspecified atom stereocenters. The summed E-state index contributed by atoms with van der Waals surface area (Å²) < 4.78 is 105. The van der Waals surface area contributed by atoms with Crippen molar-refractivity contribution in [3.05, 3.63) is 71.7 Å². The van der Waals surface area contributed by atoms with Crippen LogP contribution in [0.1, 0.15) is 35.7 Å². The van der Waals surface area contributed by atoms with Crippen molar-refractivity contribution < 1.29 is 68.6 Å². The third-order valence-corrected chi connectivity index (χ3v) is 9.89. The Labute approximate surface area is 333 Å². The van der Waals surface area contributed by atoms with Crippen molar-refractivity contribution in [1.29, 1.82) is 0 Å². The molecule has 0 atom stereocenters. The van der Waals surface area contributed by atoms with Crippen LogP contribution in [0.25, 0.3) is 16.9 Å². The first kappa shape index (κ1) is 46.1. The molecule has 2 aliphatic rings. The second kappa shape index (κ2) is 19.5. The van der Waals surface area contributed by atoms with Crippen molar-refractivity contribution in [2.45, 2.75) is 38.5 Å². The lowest BCUT2D eigenvalue weighted by Crippen LogP contribution is -2.58. The number of methoxy groups -OCH3 is 2. The number of hydrogen-bond acceptors (Lipinski definition) is 9. The van der Waals surface area contributed by atoms with Crippen molar-refractivity contribution >= 4 is 35.0 Å². The van der Waals surface area contributed by atoms with E-state index in [9.17, 15) is 44.7 Å². The average molecular weight is 847 g/mol. The molecule has 0 aliphatic carbocycles. The number of carbonyl (C=O) groups excluding carboxylic acids is 2. The van der Waals surface area contributed by atoms with Crippen LogP contribution >= 0.6 is 0 Å². The molecule has 13 nitrogen and oxygen atoms in total. The van der Waals surface area contributed by atoms with Crippen molar-refractivity contribution in [2.75, 3.05) is 65.9 Å². The van der Waals surface area contributed by atoms with Gasteiger partial charge in [-0.3, -0.25) is 9.20 Å². The number of esters is 1. The van der Waals surface area contributed by atoms with Crippen molar-refractivity contribution in [2.24, 2.45) is 11.8 Å². The molecule has 6 rings (SSSR count). The third-order valence-electron chi connectivity index (χ3n) is 9.89. The Bertz CT molecular complexity index is 2100. The number of nitrogens with one attached hydrogen (secondary N) is 3. The van der Waals surface area contributed by atoms with Gasteiger partial charge in [-0.05, 0) is 48.2 Å². The van der Waals surface area contributed by atoms with Crippen molar-refractivity contribution in [1.82, 2.24) is 25.0 Å². The minimum atomic E-state index is -5.08. The molecule has 21 heteroatoms. The van der Waals surface area contributed by atoms with Gasteiger partial charge in [-0.2, -0.15) is 30.7 Å². The van der Waals surface area contributed by atoms with Crippen LogP contribution in [0, 0.1) is 23.5 Å². The first-order chi connectivity index (χ1) is 27.7. The number of hydrogen-bond donors (Lipinski definition) is 4. The van der Waals surface area contributed by atoms with Gasteiger partial charge in [-0.15, -0.1) is 0 Å². The zero-order valence-corrected chi connectivity index (χ0v) is 32.4. The number of carboxylic acid groups (broad SMARTS) is 1. The van der Waals surface area contributed by atoms with E-state index in [2.05, 4.69) is 37.7 Å². The summed E-state index contributed by atoms with van der Waals surface area (Å²) in [6.07, 6.45) is -2.29. The predicted molar refractivity (Wildman–Crippen MR) is 198 cm³/mol. The number of fused-ring (bicyclic) bond motifs is 1. The van der Waals surface area contributed by atoms with E-state index >= 15 is 0 Å². The molecular formula is C38H44F8N7O6+. The van der Waals surface area contributed by atoms with Crippen LogP contribution < -0.4 is 20.7 Å². The van der Waals surface area contributed by atoms with E-state index in [1.807, 2.05) is 25.1 Å². The fourth-order valence-corrected chi connectivity index (χ4v) is 6.60. The molecular weight excluding hydrogens is 802 g/mol. The normalized spacial score (nSPS) is 18.0. The van der Waals surface area contributed by atoms with Crippen molar-refractivity contribution in [3.8, 4) is 17.0 Å². The van der Waals surface area contributed by atoms with Crippen LogP contribution in [0.2, 0.25) is 0 Å². The lowest BCUT2D eigenvalue weighted by atomic mass is 9.92. The number of aliphatic carboxylic acids is 1. The van der Waals surface area contributed by atoms with Crippen molar-refractivity contribution in [3.63, 3.8) is 0 Å². The summed E-state index contributed by atoms with van der Waals surface area (Å²) in [5.41, 5.74) is 3.22. The standard InChI is InChI=1S/C33H39F2N7O2.C3H3F3O2.C2HF3O2/c1-4-23-15-24(5-6-25(23)33(43)39-18-21-9-13-42(2,14-10-21)20-22-16-36-17-22)40-31-32-38-19-27(41(32)12-11-37-31)26-7-8-28(44-3)30(35)29(26)34;1-8-2(7)3(4,5)6;3-2(4,5)1(6)7/h5-8,11-12,15,19,21-22,36H,4,9-10,13-14,16-18,20H2,1-3H3,(H-,37,39,40,43);1H3;(H,6,7)/p+1. The first-order valence-electron chi connectivity index (χ1n) is 18.2. The van der Waals surface area contributed by atoms with Crippen LogP contribution in [0.15, 0.2) is 48.9 Å². The smallest absolute Gasteiger partial charge is 0.490 e. The maximum atomic E-state index is 14.9. The largest absolute Gasteiger partial charge is 0.494 e. The van der Waals surface area contributed by atoms with E-state index in [1.54, 1.807) is 16.8 Å². The second-order valence-electron chi connectivity index (χ2n) is 14.1. The summed E-state index contributed by atoms with van der Waals surface area (Å²) >= 11 is 0. The highest BCUT2D eigenvalue weighted by atomic mass is 19.4. The topological polar surface area (TPSA) is 156 Å². The van der Waals surface area contributed by atoms with E-state index in [1.165, 1.54) is 45.1 Å². The molecule has 2 aromatic carbocycles. The maximum absolute atomic E-state index is 14.9. The van der Waals surface area contributed by atoms with Gasteiger partial charge < -0.3 is 35.0 Å². The van der Waals surface area contributed by atoms with Crippen LogP contribution in [-0.2, 0) is 20.7 Å². The number of halogens is 8. The number of rotatable bonds is 10. The highest BCUT2D eigenvalue weighted by molar-refractivity contribution is 5.96. The number of carbonyl (C=O) groups is 3. The number of likely N-dealkylation sites (tertiary alicyclic amines) is 1. The fraction of sp³-hybridized carbons (Fsp3) is 0.447. The number of ether oxygens (including phenoxy) is 2. The number of anilines is 2. The third kappa shape index (κ3) is 12.0. The molecule has 0 radical (unpaired) electrons. The minimum absolute atomic E-state index is 0.0522. The number of carboxylic acids is 1. The molecule has 4 heterocycles. The Morgan fingerprint density at radius 3 is 2.15 bits per heavy atom. The summed E-state index contributed by atoms with van der Waals surface area (Å²) in [5.74, 6) is -5.45. The quantitative estimate of drug-likeness (QED) is 0.0830. The molecule has 4 aromatic rings. The van der Waals surface area contributed by atoms with E-state index in [-0.39, 0.29) is 17.2 Å². The lowest BCUT2D eigenvalue weighted by molar-refractivity contribution is -0.918. The number of amides is 1. The average Bonchev–Trinajstić information content (AvgIpc) is 3.61. The summed E-state index contributed by atoms with van der Waals surface area (Å²) in [7, 11) is 4.34. The summed E-state index contributed by atoms with van der Waals surface area (Å²) in [6.45, 7) is 8.59. The first-order valence-corrected chi connectivity index (χ1v) is 18.2. The molecule has 2 saturated heterocycles. The molecule has 322 valence electrons.